The first-order valence-corrected chi connectivity index (χ1v) is 15.6. The molecular formula is C37H39ClN2O4. The summed E-state index contributed by atoms with van der Waals surface area (Å²) in [6.45, 7) is 1.24. The van der Waals surface area contributed by atoms with E-state index in [0.717, 1.165) is 16.3 Å². The number of hydrogen-bond acceptors (Lipinski definition) is 6. The quantitative estimate of drug-likeness (QED) is 0.0867. The molecule has 5 rings (SSSR count). The van der Waals surface area contributed by atoms with E-state index in [9.17, 15) is 9.59 Å². The fourth-order valence-electron chi connectivity index (χ4n) is 5.96. The molecule has 1 fully saturated rings. The third kappa shape index (κ3) is 8.28. The lowest BCUT2D eigenvalue weighted by Crippen LogP contribution is -2.33. The van der Waals surface area contributed by atoms with Crippen molar-refractivity contribution in [1.82, 2.24) is 5.32 Å². The van der Waals surface area contributed by atoms with Crippen LogP contribution in [-0.2, 0) is 16.0 Å². The van der Waals surface area contributed by atoms with E-state index in [2.05, 4.69) is 22.8 Å². The minimum absolute atomic E-state index is 0.115. The van der Waals surface area contributed by atoms with Crippen molar-refractivity contribution in [1.29, 1.82) is 0 Å². The van der Waals surface area contributed by atoms with Crippen LogP contribution in [0.4, 0.5) is 5.69 Å². The summed E-state index contributed by atoms with van der Waals surface area (Å²) in [4.78, 5) is 26.0. The molecule has 0 bridgehead atoms. The van der Waals surface area contributed by atoms with E-state index in [1.165, 1.54) is 38.4 Å². The van der Waals surface area contributed by atoms with Crippen molar-refractivity contribution >= 4 is 29.0 Å². The molecule has 0 saturated heterocycles. The molecule has 2 atom stereocenters. The second-order valence-corrected chi connectivity index (χ2v) is 11.6. The topological polar surface area (TPSA) is 76.7 Å². The fraction of sp³-hybridized carbons (Fsp3) is 0.297. The van der Waals surface area contributed by atoms with Gasteiger partial charge in [-0.05, 0) is 66.3 Å². The molecule has 44 heavy (non-hydrogen) atoms. The van der Waals surface area contributed by atoms with E-state index in [1.54, 1.807) is 24.3 Å². The molecule has 0 spiro atoms. The predicted octanol–water partition coefficient (Wildman–Crippen LogP) is 7.67. The molecule has 0 aromatic heterocycles. The third-order valence-corrected chi connectivity index (χ3v) is 8.44. The fourth-order valence-corrected chi connectivity index (χ4v) is 6.16. The molecule has 6 nitrogen and oxygen atoms in total. The van der Waals surface area contributed by atoms with E-state index in [0.29, 0.717) is 42.3 Å². The molecule has 4 aromatic rings. The van der Waals surface area contributed by atoms with E-state index in [4.69, 9.17) is 21.1 Å². The molecule has 7 heteroatoms. The second kappa shape index (κ2) is 15.6. The molecule has 0 aliphatic heterocycles. The Morgan fingerprint density at radius 1 is 0.886 bits per heavy atom. The van der Waals surface area contributed by atoms with Gasteiger partial charge in [0.1, 0.15) is 18.4 Å². The van der Waals surface area contributed by atoms with Crippen LogP contribution in [-0.4, -0.2) is 38.1 Å². The summed E-state index contributed by atoms with van der Waals surface area (Å²) in [6, 6.07) is 31.8. The van der Waals surface area contributed by atoms with Crippen molar-refractivity contribution in [3.05, 3.63) is 130 Å². The van der Waals surface area contributed by atoms with Gasteiger partial charge in [0.15, 0.2) is 5.78 Å². The van der Waals surface area contributed by atoms with Crippen molar-refractivity contribution in [2.24, 2.45) is 5.92 Å². The molecule has 1 unspecified atom stereocenters. The summed E-state index contributed by atoms with van der Waals surface area (Å²) in [5, 5.41) is 7.73. The van der Waals surface area contributed by atoms with E-state index >= 15 is 0 Å². The molecule has 0 amide bonds. The Kier molecular flexibility index (Phi) is 11.1. The van der Waals surface area contributed by atoms with Gasteiger partial charge >= 0.3 is 5.97 Å². The number of carbonyl (C=O) groups excluding carboxylic acids is 2. The Hall–Kier alpha value is -4.13. The molecular weight excluding hydrogens is 572 g/mol. The largest absolute Gasteiger partial charge is 0.492 e. The number of hydrogen-bond donors (Lipinski definition) is 2. The van der Waals surface area contributed by atoms with Crippen LogP contribution in [0.15, 0.2) is 103 Å². The van der Waals surface area contributed by atoms with E-state index in [1.807, 2.05) is 66.7 Å². The normalized spacial score (nSPS) is 14.5. The highest BCUT2D eigenvalue weighted by Crippen LogP contribution is 2.36. The molecule has 228 valence electrons. The van der Waals surface area contributed by atoms with Crippen molar-refractivity contribution < 1.29 is 19.1 Å². The highest BCUT2D eigenvalue weighted by atomic mass is 35.5. The number of ether oxygens (including phenoxy) is 2. The van der Waals surface area contributed by atoms with Gasteiger partial charge in [-0.3, -0.25) is 4.79 Å². The van der Waals surface area contributed by atoms with Gasteiger partial charge in [0.2, 0.25) is 0 Å². The summed E-state index contributed by atoms with van der Waals surface area (Å²) in [6.07, 6.45) is 5.38. The maximum Gasteiger partial charge on any atom is 0.328 e. The zero-order valence-electron chi connectivity index (χ0n) is 25.0. The monoisotopic (exact) mass is 610 g/mol. The summed E-state index contributed by atoms with van der Waals surface area (Å²) < 4.78 is 11.2. The van der Waals surface area contributed by atoms with Crippen molar-refractivity contribution in [2.45, 2.75) is 44.2 Å². The Balaban J connectivity index is 1.18. The SMILES string of the molecule is COC(=O)[C@H](Cc1ccc(OCCNC(c2cccc(Cl)c2)C2CCCC2)cc1)Nc1ccccc1C(=O)c1ccccc1. The smallest absolute Gasteiger partial charge is 0.328 e. The average molecular weight is 611 g/mol. The van der Waals surface area contributed by atoms with Crippen molar-refractivity contribution in [3.63, 3.8) is 0 Å². The van der Waals surface area contributed by atoms with Crippen molar-refractivity contribution in [3.8, 4) is 5.75 Å². The number of benzene rings is 4. The highest BCUT2D eigenvalue weighted by Gasteiger charge is 2.26. The van der Waals surface area contributed by atoms with Gasteiger partial charge in [-0.15, -0.1) is 0 Å². The zero-order valence-corrected chi connectivity index (χ0v) is 25.8. The molecule has 0 radical (unpaired) electrons. The average Bonchev–Trinajstić information content (AvgIpc) is 3.60. The lowest BCUT2D eigenvalue weighted by atomic mass is 9.91. The maximum atomic E-state index is 13.2. The molecule has 0 heterocycles. The molecule has 1 aliphatic carbocycles. The first kappa shape index (κ1) is 31.3. The van der Waals surface area contributed by atoms with Gasteiger partial charge in [0.25, 0.3) is 0 Å². The Morgan fingerprint density at radius 3 is 2.34 bits per heavy atom. The summed E-state index contributed by atoms with van der Waals surface area (Å²) in [5.41, 5.74) is 3.83. The van der Waals surface area contributed by atoms with Crippen LogP contribution in [0.5, 0.6) is 5.75 Å². The number of ketones is 1. The standard InChI is InChI=1S/C37H39ClN2O4/c1-43-37(42)34(40-33-17-8-7-16-32(33)36(41)28-12-3-2-4-13-28)24-26-18-20-31(21-19-26)44-23-22-39-35(27-10-5-6-11-27)29-14-9-15-30(38)25-29/h2-4,7-9,12-21,25,27,34-35,39-40H,5-6,10-11,22-24H2,1H3/t34-,35?/m0/s1. The Bertz CT molecular complexity index is 1520. The van der Waals surface area contributed by atoms with Gasteiger partial charge in [-0.25, -0.2) is 4.79 Å². The van der Waals surface area contributed by atoms with E-state index < -0.39 is 12.0 Å². The molecule has 4 aromatic carbocycles. The maximum absolute atomic E-state index is 13.2. The lowest BCUT2D eigenvalue weighted by molar-refractivity contribution is -0.141. The third-order valence-electron chi connectivity index (χ3n) is 8.20. The number of rotatable bonds is 14. The number of anilines is 1. The number of halogens is 1. The Labute approximate surface area is 264 Å². The number of para-hydroxylation sites is 1. The van der Waals surface area contributed by atoms with Gasteiger partial charge < -0.3 is 20.1 Å². The van der Waals surface area contributed by atoms with Crippen LogP contribution < -0.4 is 15.4 Å². The van der Waals surface area contributed by atoms with Crippen LogP contribution >= 0.6 is 11.6 Å². The number of esters is 1. The molecule has 2 N–H and O–H groups in total. The first-order chi connectivity index (χ1) is 21.5. The summed E-state index contributed by atoms with van der Waals surface area (Å²) in [5.74, 6) is 0.843. The number of nitrogens with one attached hydrogen (secondary N) is 2. The summed E-state index contributed by atoms with van der Waals surface area (Å²) >= 11 is 6.29. The zero-order chi connectivity index (χ0) is 30.7. The van der Waals surface area contributed by atoms with Gasteiger partial charge in [-0.1, -0.05) is 91.2 Å². The highest BCUT2D eigenvalue weighted by molar-refractivity contribution is 6.30. The van der Waals surface area contributed by atoms with Crippen LogP contribution in [0.3, 0.4) is 0 Å². The first-order valence-electron chi connectivity index (χ1n) is 15.3. The van der Waals surface area contributed by atoms with Gasteiger partial charge in [-0.2, -0.15) is 0 Å². The summed E-state index contributed by atoms with van der Waals surface area (Å²) in [7, 11) is 1.37. The lowest BCUT2D eigenvalue weighted by Gasteiger charge is -2.25. The minimum Gasteiger partial charge on any atom is -0.492 e. The number of methoxy groups -OCH3 is 1. The van der Waals surface area contributed by atoms with Crippen LogP contribution in [0.1, 0.15) is 58.8 Å². The van der Waals surface area contributed by atoms with Crippen LogP contribution in [0.2, 0.25) is 5.02 Å². The predicted molar refractivity (Wildman–Crippen MR) is 176 cm³/mol. The van der Waals surface area contributed by atoms with Crippen molar-refractivity contribution in [2.75, 3.05) is 25.6 Å². The number of carbonyl (C=O) groups is 2. The van der Waals surface area contributed by atoms with Crippen LogP contribution in [0.25, 0.3) is 0 Å². The van der Waals surface area contributed by atoms with E-state index in [-0.39, 0.29) is 11.8 Å². The molecule has 1 saturated carbocycles. The van der Waals surface area contributed by atoms with Gasteiger partial charge in [0.05, 0.1) is 7.11 Å². The Morgan fingerprint density at radius 2 is 1.61 bits per heavy atom. The van der Waals surface area contributed by atoms with Gasteiger partial charge in [0, 0.05) is 40.8 Å². The molecule has 1 aliphatic rings. The second-order valence-electron chi connectivity index (χ2n) is 11.2. The minimum atomic E-state index is -0.681. The van der Waals surface area contributed by atoms with Crippen LogP contribution in [0, 0.1) is 5.92 Å².